The smallest absolute Gasteiger partial charge is 0.108 e. The zero-order valence-corrected chi connectivity index (χ0v) is 10.5. The molecular formula is C13H21N3O. The molecule has 1 atom stereocenters. The summed E-state index contributed by atoms with van der Waals surface area (Å²) >= 11 is 0. The first kappa shape index (κ1) is 11.2. The predicted octanol–water partition coefficient (Wildman–Crippen LogP) is 1.13. The first-order valence-electron chi connectivity index (χ1n) is 6.74. The van der Waals surface area contributed by atoms with Crippen molar-refractivity contribution in [2.75, 3.05) is 19.8 Å². The maximum atomic E-state index is 5.48. The van der Waals surface area contributed by atoms with Crippen LogP contribution in [0.5, 0.6) is 0 Å². The fraction of sp³-hybridized carbons (Fsp3) is 0.769. The van der Waals surface area contributed by atoms with Crippen LogP contribution in [0.15, 0.2) is 0 Å². The number of ether oxygens (including phenoxy) is 1. The quantitative estimate of drug-likeness (QED) is 0.853. The van der Waals surface area contributed by atoms with Gasteiger partial charge >= 0.3 is 0 Å². The van der Waals surface area contributed by atoms with E-state index in [2.05, 4.69) is 16.8 Å². The molecule has 0 bridgehead atoms. The fourth-order valence-corrected chi connectivity index (χ4v) is 2.90. The summed E-state index contributed by atoms with van der Waals surface area (Å²) in [5.41, 5.74) is 2.74. The lowest BCUT2D eigenvalue weighted by Gasteiger charge is -2.18. The molecule has 0 spiro atoms. The van der Waals surface area contributed by atoms with E-state index in [4.69, 9.17) is 9.72 Å². The van der Waals surface area contributed by atoms with Crippen LogP contribution in [0.4, 0.5) is 0 Å². The van der Waals surface area contributed by atoms with Gasteiger partial charge in [0.05, 0.1) is 12.3 Å². The monoisotopic (exact) mass is 235 g/mol. The number of hydrogen-bond acceptors (Lipinski definition) is 3. The lowest BCUT2D eigenvalue weighted by Crippen LogP contribution is -2.26. The SMILES string of the molecule is CCc1nc2c(n1CC1CCOC1)CCNC2. The minimum Gasteiger partial charge on any atom is -0.381 e. The van der Waals surface area contributed by atoms with Crippen molar-refractivity contribution < 1.29 is 4.74 Å². The van der Waals surface area contributed by atoms with E-state index in [1.54, 1.807) is 0 Å². The molecule has 94 valence electrons. The number of imidazole rings is 1. The number of nitrogens with zero attached hydrogens (tertiary/aromatic N) is 2. The summed E-state index contributed by atoms with van der Waals surface area (Å²) < 4.78 is 7.95. The van der Waals surface area contributed by atoms with Gasteiger partial charge in [-0.1, -0.05) is 6.92 Å². The summed E-state index contributed by atoms with van der Waals surface area (Å²) in [5, 5.41) is 3.40. The molecule has 0 aliphatic carbocycles. The van der Waals surface area contributed by atoms with E-state index >= 15 is 0 Å². The number of hydrogen-bond donors (Lipinski definition) is 1. The average Bonchev–Trinajstić information content (AvgIpc) is 2.98. The highest BCUT2D eigenvalue weighted by Gasteiger charge is 2.23. The van der Waals surface area contributed by atoms with Gasteiger partial charge in [-0.05, 0) is 6.42 Å². The van der Waals surface area contributed by atoms with E-state index in [-0.39, 0.29) is 0 Å². The molecule has 3 rings (SSSR count). The van der Waals surface area contributed by atoms with Crippen LogP contribution in [0, 0.1) is 5.92 Å². The molecule has 0 amide bonds. The Morgan fingerprint density at radius 3 is 3.24 bits per heavy atom. The Labute approximate surface area is 102 Å². The molecule has 1 N–H and O–H groups in total. The number of rotatable bonds is 3. The zero-order chi connectivity index (χ0) is 11.7. The highest BCUT2D eigenvalue weighted by atomic mass is 16.5. The summed E-state index contributed by atoms with van der Waals surface area (Å²) in [6, 6.07) is 0. The van der Waals surface area contributed by atoms with Gasteiger partial charge < -0.3 is 14.6 Å². The van der Waals surface area contributed by atoms with Gasteiger partial charge in [0.15, 0.2) is 0 Å². The maximum absolute atomic E-state index is 5.48. The Bertz CT molecular complexity index is 394. The van der Waals surface area contributed by atoms with Crippen LogP contribution in [-0.4, -0.2) is 29.3 Å². The first-order valence-corrected chi connectivity index (χ1v) is 6.74. The second-order valence-corrected chi connectivity index (χ2v) is 5.04. The Kier molecular flexibility index (Phi) is 3.16. The number of aromatic nitrogens is 2. The lowest BCUT2D eigenvalue weighted by molar-refractivity contribution is 0.182. The van der Waals surface area contributed by atoms with Crippen molar-refractivity contribution in [2.24, 2.45) is 5.92 Å². The molecule has 4 nitrogen and oxygen atoms in total. The lowest BCUT2D eigenvalue weighted by atomic mass is 10.1. The van der Waals surface area contributed by atoms with Crippen LogP contribution in [0.3, 0.4) is 0 Å². The number of fused-ring (bicyclic) bond motifs is 1. The third-order valence-corrected chi connectivity index (χ3v) is 3.85. The van der Waals surface area contributed by atoms with Gasteiger partial charge in [0.1, 0.15) is 5.82 Å². The molecule has 0 aromatic carbocycles. The van der Waals surface area contributed by atoms with Crippen LogP contribution >= 0.6 is 0 Å². The van der Waals surface area contributed by atoms with Crippen molar-refractivity contribution in [1.82, 2.24) is 14.9 Å². The molecule has 1 saturated heterocycles. The molecule has 1 fully saturated rings. The van der Waals surface area contributed by atoms with E-state index in [0.29, 0.717) is 5.92 Å². The predicted molar refractivity (Wildman–Crippen MR) is 65.9 cm³/mol. The third-order valence-electron chi connectivity index (χ3n) is 3.85. The van der Waals surface area contributed by atoms with Crippen molar-refractivity contribution in [2.45, 2.75) is 39.3 Å². The van der Waals surface area contributed by atoms with Crippen LogP contribution in [0.2, 0.25) is 0 Å². The summed E-state index contributed by atoms with van der Waals surface area (Å²) in [6.07, 6.45) is 3.35. The van der Waals surface area contributed by atoms with Gasteiger partial charge in [-0.25, -0.2) is 4.98 Å². The molecule has 1 aromatic heterocycles. The average molecular weight is 235 g/mol. The van der Waals surface area contributed by atoms with Crippen LogP contribution in [-0.2, 0) is 30.7 Å². The second-order valence-electron chi connectivity index (χ2n) is 5.04. The molecule has 2 aliphatic rings. The van der Waals surface area contributed by atoms with Crippen molar-refractivity contribution in [1.29, 1.82) is 0 Å². The van der Waals surface area contributed by atoms with E-state index in [9.17, 15) is 0 Å². The molecule has 0 saturated carbocycles. The van der Waals surface area contributed by atoms with Crippen LogP contribution in [0.1, 0.15) is 30.6 Å². The maximum Gasteiger partial charge on any atom is 0.108 e. The Balaban J connectivity index is 1.87. The topological polar surface area (TPSA) is 39.1 Å². The molecule has 4 heteroatoms. The van der Waals surface area contributed by atoms with Crippen molar-refractivity contribution in [3.8, 4) is 0 Å². The fourth-order valence-electron chi connectivity index (χ4n) is 2.90. The summed E-state index contributed by atoms with van der Waals surface area (Å²) in [6.45, 7) is 7.19. The largest absolute Gasteiger partial charge is 0.381 e. The van der Waals surface area contributed by atoms with Gasteiger partial charge in [0.25, 0.3) is 0 Å². The normalized spacial score (nSPS) is 23.9. The van der Waals surface area contributed by atoms with E-state index in [0.717, 1.165) is 45.7 Å². The zero-order valence-electron chi connectivity index (χ0n) is 10.5. The molecule has 1 aromatic rings. The highest BCUT2D eigenvalue weighted by Crippen LogP contribution is 2.21. The van der Waals surface area contributed by atoms with Crippen molar-refractivity contribution in [3.63, 3.8) is 0 Å². The van der Waals surface area contributed by atoms with Gasteiger partial charge in [-0.2, -0.15) is 0 Å². The van der Waals surface area contributed by atoms with E-state index in [1.165, 1.54) is 23.6 Å². The number of nitrogens with one attached hydrogen (secondary N) is 1. The Morgan fingerprint density at radius 1 is 1.53 bits per heavy atom. The standard InChI is InChI=1S/C13H21N3O/c1-2-13-15-11-7-14-5-3-12(11)16(13)8-10-4-6-17-9-10/h10,14H,2-9H2,1H3. The molecular weight excluding hydrogens is 214 g/mol. The Morgan fingerprint density at radius 2 is 2.47 bits per heavy atom. The molecule has 3 heterocycles. The van der Waals surface area contributed by atoms with Crippen molar-refractivity contribution in [3.05, 3.63) is 17.2 Å². The van der Waals surface area contributed by atoms with Crippen molar-refractivity contribution >= 4 is 0 Å². The van der Waals surface area contributed by atoms with Gasteiger partial charge in [-0.3, -0.25) is 0 Å². The van der Waals surface area contributed by atoms with E-state index in [1.807, 2.05) is 0 Å². The van der Waals surface area contributed by atoms with Gasteiger partial charge in [-0.15, -0.1) is 0 Å². The van der Waals surface area contributed by atoms with Crippen LogP contribution < -0.4 is 5.32 Å². The van der Waals surface area contributed by atoms with Crippen LogP contribution in [0.25, 0.3) is 0 Å². The summed E-state index contributed by atoms with van der Waals surface area (Å²) in [7, 11) is 0. The van der Waals surface area contributed by atoms with E-state index < -0.39 is 0 Å². The summed E-state index contributed by atoms with van der Waals surface area (Å²) in [4.78, 5) is 4.77. The highest BCUT2D eigenvalue weighted by molar-refractivity contribution is 5.20. The minimum atomic E-state index is 0.688. The Hall–Kier alpha value is -0.870. The third kappa shape index (κ3) is 2.11. The molecule has 2 aliphatic heterocycles. The molecule has 1 unspecified atom stereocenters. The van der Waals surface area contributed by atoms with Gasteiger partial charge in [0.2, 0.25) is 0 Å². The molecule has 0 radical (unpaired) electrons. The molecule has 17 heavy (non-hydrogen) atoms. The minimum absolute atomic E-state index is 0.688. The summed E-state index contributed by atoms with van der Waals surface area (Å²) in [5.74, 6) is 1.94. The number of aryl methyl sites for hydroxylation is 1. The first-order chi connectivity index (χ1) is 8.38. The second kappa shape index (κ2) is 4.78. The van der Waals surface area contributed by atoms with Gasteiger partial charge in [0, 0.05) is 50.7 Å².